The molecule has 0 heterocycles. The molecule has 0 aliphatic carbocycles. The van der Waals surface area contributed by atoms with Crippen molar-refractivity contribution in [1.29, 1.82) is 0 Å². The van der Waals surface area contributed by atoms with Crippen molar-refractivity contribution in [1.82, 2.24) is 15.5 Å². The number of rotatable bonds is 7. The van der Waals surface area contributed by atoms with E-state index in [1.54, 1.807) is 0 Å². The SMILES string of the molecule is C/C=C(/CNC(=O)NCCCN(C)C)c1ccccc1C. The lowest BCUT2D eigenvalue weighted by Crippen LogP contribution is -2.37. The maximum absolute atomic E-state index is 11.8. The van der Waals surface area contributed by atoms with Crippen LogP contribution in [0.25, 0.3) is 5.57 Å². The van der Waals surface area contributed by atoms with Crippen molar-refractivity contribution < 1.29 is 4.79 Å². The second-order valence-corrected chi connectivity index (χ2v) is 5.40. The molecule has 0 bridgehead atoms. The van der Waals surface area contributed by atoms with Crippen LogP contribution in [0.2, 0.25) is 0 Å². The van der Waals surface area contributed by atoms with Crippen molar-refractivity contribution in [2.45, 2.75) is 20.3 Å². The summed E-state index contributed by atoms with van der Waals surface area (Å²) in [5.41, 5.74) is 3.54. The molecule has 1 aromatic rings. The molecule has 0 atom stereocenters. The summed E-state index contributed by atoms with van der Waals surface area (Å²) in [6.07, 6.45) is 3.00. The zero-order valence-electron chi connectivity index (χ0n) is 13.6. The number of amides is 2. The van der Waals surface area contributed by atoms with Crippen molar-refractivity contribution in [2.75, 3.05) is 33.7 Å². The minimum Gasteiger partial charge on any atom is -0.338 e. The Morgan fingerprint density at radius 2 is 1.95 bits per heavy atom. The summed E-state index contributed by atoms with van der Waals surface area (Å²) in [6.45, 7) is 6.29. The fourth-order valence-electron chi connectivity index (χ4n) is 2.12. The predicted octanol–water partition coefficient (Wildman–Crippen LogP) is 2.65. The van der Waals surface area contributed by atoms with Crippen molar-refractivity contribution in [3.05, 3.63) is 41.5 Å². The molecule has 1 rings (SSSR count). The summed E-state index contributed by atoms with van der Waals surface area (Å²) in [4.78, 5) is 13.9. The molecule has 0 saturated carbocycles. The van der Waals surface area contributed by atoms with Gasteiger partial charge in [-0.2, -0.15) is 0 Å². The van der Waals surface area contributed by atoms with Gasteiger partial charge in [0.05, 0.1) is 0 Å². The molecule has 2 N–H and O–H groups in total. The Morgan fingerprint density at radius 1 is 1.24 bits per heavy atom. The Kier molecular flexibility index (Phi) is 7.54. The van der Waals surface area contributed by atoms with Gasteiger partial charge in [-0.05, 0) is 57.6 Å². The van der Waals surface area contributed by atoms with Gasteiger partial charge in [0.1, 0.15) is 0 Å². The van der Waals surface area contributed by atoms with Crippen LogP contribution in [0, 0.1) is 6.92 Å². The first-order valence-electron chi connectivity index (χ1n) is 7.42. The van der Waals surface area contributed by atoms with Crippen LogP contribution in [-0.2, 0) is 0 Å². The first-order valence-corrected chi connectivity index (χ1v) is 7.42. The fraction of sp³-hybridized carbons (Fsp3) is 0.471. The summed E-state index contributed by atoms with van der Waals surface area (Å²) in [5, 5.41) is 5.80. The molecule has 0 fully saturated rings. The van der Waals surface area contributed by atoms with E-state index in [-0.39, 0.29) is 6.03 Å². The molecule has 0 unspecified atom stereocenters. The van der Waals surface area contributed by atoms with Gasteiger partial charge < -0.3 is 15.5 Å². The quantitative estimate of drug-likeness (QED) is 0.758. The van der Waals surface area contributed by atoms with E-state index in [4.69, 9.17) is 0 Å². The molecule has 4 heteroatoms. The van der Waals surface area contributed by atoms with Gasteiger partial charge in [-0.25, -0.2) is 4.79 Å². The lowest BCUT2D eigenvalue weighted by molar-refractivity contribution is 0.241. The Morgan fingerprint density at radius 3 is 2.57 bits per heavy atom. The lowest BCUT2D eigenvalue weighted by atomic mass is 10.0. The molecular weight excluding hydrogens is 262 g/mol. The molecule has 0 saturated heterocycles. The zero-order chi connectivity index (χ0) is 15.7. The third kappa shape index (κ3) is 6.45. The Hall–Kier alpha value is -1.81. The van der Waals surface area contributed by atoms with Gasteiger partial charge in [-0.3, -0.25) is 0 Å². The maximum atomic E-state index is 11.8. The Balaban J connectivity index is 2.39. The summed E-state index contributed by atoms with van der Waals surface area (Å²) in [5.74, 6) is 0. The predicted molar refractivity (Wildman–Crippen MR) is 89.4 cm³/mol. The number of carbonyl (C=O) groups is 1. The van der Waals surface area contributed by atoms with E-state index >= 15 is 0 Å². The molecule has 0 radical (unpaired) electrons. The smallest absolute Gasteiger partial charge is 0.315 e. The largest absolute Gasteiger partial charge is 0.338 e. The third-order valence-corrected chi connectivity index (χ3v) is 3.35. The molecule has 1 aromatic carbocycles. The van der Waals surface area contributed by atoms with Gasteiger partial charge >= 0.3 is 6.03 Å². The summed E-state index contributed by atoms with van der Waals surface area (Å²) in [6, 6.07) is 8.10. The average Bonchev–Trinajstić information content (AvgIpc) is 2.45. The Labute approximate surface area is 128 Å². The van der Waals surface area contributed by atoms with E-state index in [1.165, 1.54) is 11.1 Å². The van der Waals surface area contributed by atoms with Crippen molar-refractivity contribution >= 4 is 11.6 Å². The van der Waals surface area contributed by atoms with Crippen LogP contribution in [0.5, 0.6) is 0 Å². The molecule has 0 aliphatic rings. The molecule has 21 heavy (non-hydrogen) atoms. The highest BCUT2D eigenvalue weighted by Crippen LogP contribution is 2.17. The third-order valence-electron chi connectivity index (χ3n) is 3.35. The van der Waals surface area contributed by atoms with Gasteiger partial charge in [0.2, 0.25) is 0 Å². The number of carbonyl (C=O) groups excluding carboxylic acids is 1. The first kappa shape index (κ1) is 17.2. The molecule has 0 spiro atoms. The number of benzene rings is 1. The minimum atomic E-state index is -0.110. The van der Waals surface area contributed by atoms with Crippen molar-refractivity contribution in [2.24, 2.45) is 0 Å². The number of nitrogens with one attached hydrogen (secondary N) is 2. The number of urea groups is 1. The minimum absolute atomic E-state index is 0.110. The van der Waals surface area contributed by atoms with Gasteiger partial charge in [0, 0.05) is 13.1 Å². The fourth-order valence-corrected chi connectivity index (χ4v) is 2.12. The first-order chi connectivity index (χ1) is 10.0. The van der Waals surface area contributed by atoms with Crippen molar-refractivity contribution in [3.63, 3.8) is 0 Å². The maximum Gasteiger partial charge on any atom is 0.315 e. The van der Waals surface area contributed by atoms with Crippen LogP contribution in [0.4, 0.5) is 4.79 Å². The van der Waals surface area contributed by atoms with Crippen LogP contribution >= 0.6 is 0 Å². The summed E-state index contributed by atoms with van der Waals surface area (Å²) < 4.78 is 0. The topological polar surface area (TPSA) is 44.4 Å². The summed E-state index contributed by atoms with van der Waals surface area (Å²) >= 11 is 0. The number of hydrogen-bond acceptors (Lipinski definition) is 2. The number of nitrogens with zero attached hydrogens (tertiary/aromatic N) is 1. The second-order valence-electron chi connectivity index (χ2n) is 5.40. The van der Waals surface area contributed by atoms with Crippen LogP contribution in [0.3, 0.4) is 0 Å². The number of allylic oxidation sites excluding steroid dienone is 1. The zero-order valence-corrected chi connectivity index (χ0v) is 13.6. The van der Waals surface area contributed by atoms with Crippen molar-refractivity contribution in [3.8, 4) is 0 Å². The molecular formula is C17H27N3O. The van der Waals surface area contributed by atoms with Gasteiger partial charge in [-0.1, -0.05) is 30.3 Å². The lowest BCUT2D eigenvalue weighted by Gasteiger charge is -2.13. The molecule has 0 aromatic heterocycles. The van der Waals surface area contributed by atoms with E-state index in [0.29, 0.717) is 13.1 Å². The highest BCUT2D eigenvalue weighted by Gasteiger charge is 2.06. The summed E-state index contributed by atoms with van der Waals surface area (Å²) in [7, 11) is 4.06. The molecule has 0 aliphatic heterocycles. The number of hydrogen-bond donors (Lipinski definition) is 2. The van der Waals surface area contributed by atoms with E-state index in [9.17, 15) is 4.79 Å². The van der Waals surface area contributed by atoms with E-state index in [2.05, 4.69) is 40.7 Å². The van der Waals surface area contributed by atoms with E-state index in [0.717, 1.165) is 18.5 Å². The van der Waals surface area contributed by atoms with Gasteiger partial charge in [0.25, 0.3) is 0 Å². The monoisotopic (exact) mass is 289 g/mol. The molecule has 2 amide bonds. The average molecular weight is 289 g/mol. The molecule has 4 nitrogen and oxygen atoms in total. The van der Waals surface area contributed by atoms with Crippen LogP contribution in [0.15, 0.2) is 30.3 Å². The van der Waals surface area contributed by atoms with E-state index < -0.39 is 0 Å². The Bertz CT molecular complexity index is 481. The highest BCUT2D eigenvalue weighted by molar-refractivity contribution is 5.78. The van der Waals surface area contributed by atoms with Crippen LogP contribution in [-0.4, -0.2) is 44.7 Å². The number of aryl methyl sites for hydroxylation is 1. The van der Waals surface area contributed by atoms with E-state index in [1.807, 2.05) is 33.2 Å². The molecule has 116 valence electrons. The standard InChI is InChI=1S/C17H27N3O/c1-5-15(16-10-7-6-9-14(16)2)13-19-17(21)18-11-8-12-20(3)4/h5-7,9-10H,8,11-13H2,1-4H3,(H2,18,19,21)/b15-5-. The van der Waals surface area contributed by atoms with Gasteiger partial charge in [0.15, 0.2) is 0 Å². The van der Waals surface area contributed by atoms with Crippen LogP contribution in [0.1, 0.15) is 24.5 Å². The normalized spacial score (nSPS) is 11.6. The second kappa shape index (κ2) is 9.19. The van der Waals surface area contributed by atoms with Gasteiger partial charge in [-0.15, -0.1) is 0 Å². The highest BCUT2D eigenvalue weighted by atomic mass is 16.2. The van der Waals surface area contributed by atoms with Crippen LogP contribution < -0.4 is 10.6 Å².